The van der Waals surface area contributed by atoms with Gasteiger partial charge in [-0.2, -0.15) is 10.4 Å². The Bertz CT molecular complexity index is 553. The average molecular weight is 242 g/mol. The first kappa shape index (κ1) is 12.1. The SMILES string of the molecule is Cn1ccc(NCC(O)c2ccc(C#N)cc2)n1. The smallest absolute Gasteiger partial charge is 0.148 e. The Balaban J connectivity index is 1.95. The fourth-order valence-electron chi connectivity index (χ4n) is 1.61. The lowest BCUT2D eigenvalue weighted by Crippen LogP contribution is -2.12. The average Bonchev–Trinajstić information content (AvgIpc) is 2.82. The molecule has 92 valence electrons. The van der Waals surface area contributed by atoms with E-state index in [1.807, 2.05) is 25.4 Å². The number of aliphatic hydroxyl groups excluding tert-OH is 1. The van der Waals surface area contributed by atoms with Crippen LogP contribution < -0.4 is 5.32 Å². The number of nitrogens with zero attached hydrogens (tertiary/aromatic N) is 3. The fourth-order valence-corrected chi connectivity index (χ4v) is 1.61. The first-order valence-corrected chi connectivity index (χ1v) is 5.60. The van der Waals surface area contributed by atoms with Gasteiger partial charge in [0.15, 0.2) is 0 Å². The minimum Gasteiger partial charge on any atom is -0.387 e. The van der Waals surface area contributed by atoms with E-state index in [1.54, 1.807) is 28.9 Å². The Morgan fingerprint density at radius 3 is 2.67 bits per heavy atom. The summed E-state index contributed by atoms with van der Waals surface area (Å²) in [5.41, 5.74) is 1.36. The fraction of sp³-hybridized carbons (Fsp3) is 0.231. The summed E-state index contributed by atoms with van der Waals surface area (Å²) in [5, 5.41) is 25.9. The number of nitriles is 1. The van der Waals surface area contributed by atoms with Crippen LogP contribution in [-0.4, -0.2) is 21.4 Å². The highest BCUT2D eigenvalue weighted by molar-refractivity contribution is 5.35. The monoisotopic (exact) mass is 242 g/mol. The van der Waals surface area contributed by atoms with E-state index in [9.17, 15) is 5.11 Å². The van der Waals surface area contributed by atoms with Crippen LogP contribution in [0.5, 0.6) is 0 Å². The van der Waals surface area contributed by atoms with Gasteiger partial charge in [0.05, 0.1) is 17.7 Å². The van der Waals surface area contributed by atoms with Gasteiger partial charge in [0.25, 0.3) is 0 Å². The molecule has 2 aromatic rings. The molecule has 2 rings (SSSR count). The molecule has 0 spiro atoms. The van der Waals surface area contributed by atoms with E-state index in [0.717, 1.165) is 11.4 Å². The highest BCUT2D eigenvalue weighted by Gasteiger charge is 2.07. The molecular weight excluding hydrogens is 228 g/mol. The summed E-state index contributed by atoms with van der Waals surface area (Å²) in [7, 11) is 1.84. The van der Waals surface area contributed by atoms with E-state index in [4.69, 9.17) is 5.26 Å². The molecule has 1 aromatic heterocycles. The number of nitrogens with one attached hydrogen (secondary N) is 1. The summed E-state index contributed by atoms with van der Waals surface area (Å²) < 4.78 is 1.69. The second kappa shape index (κ2) is 5.34. The maximum Gasteiger partial charge on any atom is 0.148 e. The van der Waals surface area contributed by atoms with Crippen LogP contribution in [0.15, 0.2) is 36.5 Å². The number of aliphatic hydroxyl groups is 1. The van der Waals surface area contributed by atoms with Gasteiger partial charge < -0.3 is 10.4 Å². The molecule has 0 aliphatic heterocycles. The molecule has 18 heavy (non-hydrogen) atoms. The van der Waals surface area contributed by atoms with Gasteiger partial charge in [0.2, 0.25) is 0 Å². The molecule has 0 aliphatic carbocycles. The van der Waals surface area contributed by atoms with E-state index < -0.39 is 6.10 Å². The molecule has 5 heteroatoms. The molecule has 1 atom stereocenters. The third-order valence-electron chi connectivity index (χ3n) is 2.61. The summed E-state index contributed by atoms with van der Waals surface area (Å²) in [6, 6.07) is 10.8. The number of hydrogen-bond acceptors (Lipinski definition) is 4. The maximum atomic E-state index is 9.97. The minimum atomic E-state index is -0.625. The Labute approximate surface area is 105 Å². The third kappa shape index (κ3) is 2.87. The normalized spacial score (nSPS) is 11.8. The third-order valence-corrected chi connectivity index (χ3v) is 2.61. The van der Waals surface area contributed by atoms with Crippen molar-refractivity contribution in [2.75, 3.05) is 11.9 Å². The number of rotatable bonds is 4. The number of benzene rings is 1. The second-order valence-corrected chi connectivity index (χ2v) is 4.01. The van der Waals surface area contributed by atoms with Crippen molar-refractivity contribution < 1.29 is 5.11 Å². The highest BCUT2D eigenvalue weighted by atomic mass is 16.3. The quantitative estimate of drug-likeness (QED) is 0.850. The predicted molar refractivity (Wildman–Crippen MR) is 67.8 cm³/mol. The zero-order chi connectivity index (χ0) is 13.0. The van der Waals surface area contributed by atoms with Crippen molar-refractivity contribution >= 4 is 5.82 Å². The van der Waals surface area contributed by atoms with Crippen LogP contribution >= 0.6 is 0 Å². The summed E-state index contributed by atoms with van der Waals surface area (Å²) in [6.45, 7) is 0.378. The standard InChI is InChI=1S/C13H14N4O/c1-17-7-6-13(16-17)15-9-12(18)11-4-2-10(8-14)3-5-11/h2-7,12,18H,9H2,1H3,(H,15,16). The van der Waals surface area contributed by atoms with Crippen LogP contribution in [-0.2, 0) is 7.05 Å². The topological polar surface area (TPSA) is 73.9 Å². The van der Waals surface area contributed by atoms with Crippen LogP contribution in [0.4, 0.5) is 5.82 Å². The van der Waals surface area contributed by atoms with Crippen molar-refractivity contribution in [2.45, 2.75) is 6.10 Å². The lowest BCUT2D eigenvalue weighted by atomic mass is 10.1. The molecule has 0 radical (unpaired) electrons. The first-order chi connectivity index (χ1) is 8.69. The van der Waals surface area contributed by atoms with Crippen molar-refractivity contribution in [3.8, 4) is 6.07 Å². The Morgan fingerprint density at radius 2 is 2.11 bits per heavy atom. The molecule has 0 fully saturated rings. The van der Waals surface area contributed by atoms with Gasteiger partial charge >= 0.3 is 0 Å². The van der Waals surface area contributed by atoms with Crippen LogP contribution in [0, 0.1) is 11.3 Å². The molecule has 0 bridgehead atoms. The summed E-state index contributed by atoms with van der Waals surface area (Å²) in [5.74, 6) is 0.727. The zero-order valence-corrected chi connectivity index (χ0v) is 10.0. The Kier molecular flexibility index (Phi) is 3.60. The molecule has 0 saturated carbocycles. The molecule has 1 heterocycles. The largest absolute Gasteiger partial charge is 0.387 e. The summed E-state index contributed by atoms with van der Waals surface area (Å²) >= 11 is 0. The Morgan fingerprint density at radius 1 is 1.39 bits per heavy atom. The van der Waals surface area contributed by atoms with Gasteiger partial charge in [-0.05, 0) is 17.7 Å². The molecule has 1 aromatic carbocycles. The zero-order valence-electron chi connectivity index (χ0n) is 10.0. The lowest BCUT2D eigenvalue weighted by molar-refractivity contribution is 0.191. The van der Waals surface area contributed by atoms with Gasteiger partial charge in [0.1, 0.15) is 5.82 Å². The van der Waals surface area contributed by atoms with Crippen molar-refractivity contribution in [3.05, 3.63) is 47.7 Å². The van der Waals surface area contributed by atoms with Crippen molar-refractivity contribution in [1.82, 2.24) is 9.78 Å². The van der Waals surface area contributed by atoms with Gasteiger partial charge in [-0.15, -0.1) is 0 Å². The van der Waals surface area contributed by atoms with E-state index >= 15 is 0 Å². The van der Waals surface area contributed by atoms with E-state index in [-0.39, 0.29) is 0 Å². The molecule has 0 amide bonds. The summed E-state index contributed by atoms with van der Waals surface area (Å²) in [6.07, 6.45) is 1.20. The van der Waals surface area contributed by atoms with Gasteiger partial charge in [-0.1, -0.05) is 12.1 Å². The predicted octanol–water partition coefficient (Wildman–Crippen LogP) is 1.44. The molecule has 5 nitrogen and oxygen atoms in total. The molecule has 0 aliphatic rings. The summed E-state index contributed by atoms with van der Waals surface area (Å²) in [4.78, 5) is 0. The molecule has 2 N–H and O–H groups in total. The van der Waals surface area contributed by atoms with Crippen molar-refractivity contribution in [2.24, 2.45) is 7.05 Å². The highest BCUT2D eigenvalue weighted by Crippen LogP contribution is 2.14. The lowest BCUT2D eigenvalue weighted by Gasteiger charge is -2.11. The van der Waals surface area contributed by atoms with Gasteiger partial charge in [-0.3, -0.25) is 4.68 Å². The number of aromatic nitrogens is 2. The van der Waals surface area contributed by atoms with E-state index in [1.165, 1.54) is 0 Å². The van der Waals surface area contributed by atoms with Crippen LogP contribution in [0.1, 0.15) is 17.2 Å². The first-order valence-electron chi connectivity index (χ1n) is 5.60. The van der Waals surface area contributed by atoms with Crippen LogP contribution in [0.25, 0.3) is 0 Å². The van der Waals surface area contributed by atoms with Gasteiger partial charge in [-0.25, -0.2) is 0 Å². The van der Waals surface area contributed by atoms with Crippen molar-refractivity contribution in [1.29, 1.82) is 5.26 Å². The molecule has 0 saturated heterocycles. The number of hydrogen-bond donors (Lipinski definition) is 2. The van der Waals surface area contributed by atoms with Crippen LogP contribution in [0.3, 0.4) is 0 Å². The number of anilines is 1. The number of aryl methyl sites for hydroxylation is 1. The second-order valence-electron chi connectivity index (χ2n) is 4.01. The Hall–Kier alpha value is -2.32. The van der Waals surface area contributed by atoms with Crippen molar-refractivity contribution in [3.63, 3.8) is 0 Å². The van der Waals surface area contributed by atoms with E-state index in [2.05, 4.69) is 10.4 Å². The van der Waals surface area contributed by atoms with Crippen LogP contribution in [0.2, 0.25) is 0 Å². The molecular formula is C13H14N4O. The maximum absolute atomic E-state index is 9.97. The molecule has 1 unspecified atom stereocenters. The minimum absolute atomic E-state index is 0.378. The van der Waals surface area contributed by atoms with E-state index in [0.29, 0.717) is 12.1 Å². The van der Waals surface area contributed by atoms with Gasteiger partial charge in [0, 0.05) is 25.9 Å².